The third-order valence-electron chi connectivity index (χ3n) is 5.97. The molecule has 1 aliphatic rings. The van der Waals surface area contributed by atoms with Crippen LogP contribution in [-0.2, 0) is 6.54 Å². The number of hydrogen-bond acceptors (Lipinski definition) is 2. The molecule has 5 heteroatoms. The summed E-state index contributed by atoms with van der Waals surface area (Å²) in [6.07, 6.45) is -0.760. The van der Waals surface area contributed by atoms with Gasteiger partial charge < -0.3 is 4.90 Å². The fourth-order valence-corrected chi connectivity index (χ4v) is 4.64. The molecule has 0 bridgehead atoms. The standard InChI is InChI=1S/C28H22ClFN2O/c1-19-14-16-21(17-15-19)32-27(26-23(29)11-7-12-24(26)30)31(18-20-8-3-2-4-9-20)25-13-6-5-10-22(25)28(32)33/h2-17,27H,18H2,1H3/t27-/m0/s1. The fourth-order valence-electron chi connectivity index (χ4n) is 4.37. The van der Waals surface area contributed by atoms with Crippen LogP contribution in [0.4, 0.5) is 15.8 Å². The first-order valence-electron chi connectivity index (χ1n) is 10.8. The van der Waals surface area contributed by atoms with E-state index in [4.69, 9.17) is 11.6 Å². The second-order valence-electron chi connectivity index (χ2n) is 8.15. The third kappa shape index (κ3) is 3.87. The number of hydrogen-bond donors (Lipinski definition) is 0. The highest BCUT2D eigenvalue weighted by atomic mass is 35.5. The second kappa shape index (κ2) is 8.72. The highest BCUT2D eigenvalue weighted by Crippen LogP contribution is 2.44. The lowest BCUT2D eigenvalue weighted by Crippen LogP contribution is -2.50. The number of halogens is 2. The van der Waals surface area contributed by atoms with Crippen molar-refractivity contribution in [3.63, 3.8) is 0 Å². The Kier molecular flexibility index (Phi) is 5.61. The lowest BCUT2D eigenvalue weighted by molar-refractivity contribution is 0.0967. The Labute approximate surface area is 197 Å². The van der Waals surface area contributed by atoms with Gasteiger partial charge in [0.2, 0.25) is 0 Å². The van der Waals surface area contributed by atoms with Crippen LogP contribution in [0.15, 0.2) is 97.1 Å². The van der Waals surface area contributed by atoms with Crippen LogP contribution in [0.25, 0.3) is 0 Å². The van der Waals surface area contributed by atoms with Gasteiger partial charge in [0.05, 0.1) is 16.3 Å². The van der Waals surface area contributed by atoms with E-state index < -0.39 is 12.0 Å². The quantitative estimate of drug-likeness (QED) is 0.325. The molecule has 0 aliphatic carbocycles. The number of anilines is 2. The molecule has 0 saturated heterocycles. The van der Waals surface area contributed by atoms with E-state index in [1.807, 2.05) is 85.8 Å². The number of carbonyl (C=O) groups is 1. The number of rotatable bonds is 4. The number of amides is 1. The smallest absolute Gasteiger partial charge is 0.262 e. The molecule has 0 saturated carbocycles. The first kappa shape index (κ1) is 21.2. The van der Waals surface area contributed by atoms with Gasteiger partial charge in [-0.1, -0.05) is 77.8 Å². The molecule has 33 heavy (non-hydrogen) atoms. The summed E-state index contributed by atoms with van der Waals surface area (Å²) < 4.78 is 15.4. The zero-order chi connectivity index (χ0) is 22.9. The van der Waals surface area contributed by atoms with E-state index in [-0.39, 0.29) is 16.5 Å². The minimum Gasteiger partial charge on any atom is -0.342 e. The number of nitrogens with zero attached hydrogens (tertiary/aromatic N) is 2. The number of para-hydroxylation sites is 1. The van der Waals surface area contributed by atoms with Crippen molar-refractivity contribution in [1.29, 1.82) is 0 Å². The van der Waals surface area contributed by atoms with Gasteiger partial charge in [0.15, 0.2) is 0 Å². The van der Waals surface area contributed by atoms with Gasteiger partial charge in [-0.3, -0.25) is 9.69 Å². The Morgan fingerprint density at radius 3 is 2.27 bits per heavy atom. The maximum absolute atomic E-state index is 15.4. The van der Waals surface area contributed by atoms with Gasteiger partial charge in [0.25, 0.3) is 5.91 Å². The lowest BCUT2D eigenvalue weighted by Gasteiger charge is -2.46. The molecule has 0 fully saturated rings. The lowest BCUT2D eigenvalue weighted by atomic mass is 9.98. The maximum atomic E-state index is 15.4. The van der Waals surface area contributed by atoms with Crippen LogP contribution in [-0.4, -0.2) is 5.91 Å². The first-order valence-corrected chi connectivity index (χ1v) is 11.2. The summed E-state index contributed by atoms with van der Waals surface area (Å²) in [5, 5.41) is 0.280. The molecule has 1 heterocycles. The molecule has 1 atom stereocenters. The summed E-state index contributed by atoms with van der Waals surface area (Å²) in [7, 11) is 0. The van der Waals surface area contributed by atoms with Crippen molar-refractivity contribution in [3.05, 3.63) is 130 Å². The van der Waals surface area contributed by atoms with Crippen molar-refractivity contribution in [1.82, 2.24) is 0 Å². The van der Waals surface area contributed by atoms with E-state index in [9.17, 15) is 4.79 Å². The minimum absolute atomic E-state index is 0.192. The summed E-state index contributed by atoms with van der Waals surface area (Å²) in [5.41, 5.74) is 4.39. The molecule has 5 rings (SSSR count). The predicted molar refractivity (Wildman–Crippen MR) is 131 cm³/mol. The average molecular weight is 457 g/mol. The van der Waals surface area contributed by atoms with Crippen LogP contribution in [0.5, 0.6) is 0 Å². The van der Waals surface area contributed by atoms with Crippen molar-refractivity contribution in [2.75, 3.05) is 9.80 Å². The van der Waals surface area contributed by atoms with Gasteiger partial charge in [0.1, 0.15) is 12.0 Å². The van der Waals surface area contributed by atoms with Crippen molar-refractivity contribution in [2.45, 2.75) is 19.6 Å². The molecule has 4 aromatic rings. The zero-order valence-electron chi connectivity index (χ0n) is 18.1. The largest absolute Gasteiger partial charge is 0.342 e. The first-order chi connectivity index (χ1) is 16.0. The SMILES string of the molecule is Cc1ccc(N2C(=O)c3ccccc3N(Cc3ccccc3)[C@@H]2c2c(F)cccc2Cl)cc1. The molecule has 1 aliphatic heterocycles. The monoisotopic (exact) mass is 456 g/mol. The highest BCUT2D eigenvalue weighted by molar-refractivity contribution is 6.31. The number of carbonyl (C=O) groups excluding carboxylic acids is 1. The molecule has 0 unspecified atom stereocenters. The normalized spacial score (nSPS) is 15.5. The Morgan fingerprint density at radius 1 is 0.848 bits per heavy atom. The molecule has 4 aromatic carbocycles. The Balaban J connectivity index is 1.77. The number of fused-ring (bicyclic) bond motifs is 1. The minimum atomic E-state index is -0.760. The molecule has 164 valence electrons. The average Bonchev–Trinajstić information content (AvgIpc) is 2.83. The van der Waals surface area contributed by atoms with Crippen molar-refractivity contribution < 1.29 is 9.18 Å². The van der Waals surface area contributed by atoms with Crippen LogP contribution in [0.2, 0.25) is 5.02 Å². The zero-order valence-corrected chi connectivity index (χ0v) is 18.8. The number of benzene rings is 4. The van der Waals surface area contributed by atoms with Crippen molar-refractivity contribution >= 4 is 28.9 Å². The molecular weight excluding hydrogens is 435 g/mol. The van der Waals surface area contributed by atoms with E-state index in [0.29, 0.717) is 17.8 Å². The number of aryl methyl sites for hydroxylation is 1. The molecule has 0 aromatic heterocycles. The predicted octanol–water partition coefficient (Wildman–Crippen LogP) is 7.15. The van der Waals surface area contributed by atoms with Crippen LogP contribution < -0.4 is 9.80 Å². The molecule has 1 amide bonds. The highest BCUT2D eigenvalue weighted by Gasteiger charge is 2.41. The van der Waals surface area contributed by atoms with E-state index in [1.165, 1.54) is 6.07 Å². The third-order valence-corrected chi connectivity index (χ3v) is 6.30. The van der Waals surface area contributed by atoms with Gasteiger partial charge in [0, 0.05) is 17.8 Å². The van der Waals surface area contributed by atoms with Crippen LogP contribution in [0, 0.1) is 12.7 Å². The van der Waals surface area contributed by atoms with E-state index >= 15 is 4.39 Å². The van der Waals surface area contributed by atoms with Gasteiger partial charge >= 0.3 is 0 Å². The van der Waals surface area contributed by atoms with Crippen LogP contribution >= 0.6 is 11.6 Å². The van der Waals surface area contributed by atoms with Gasteiger partial charge in [-0.2, -0.15) is 0 Å². The van der Waals surface area contributed by atoms with E-state index in [2.05, 4.69) is 4.90 Å². The van der Waals surface area contributed by atoms with Gasteiger partial charge in [-0.05, 0) is 48.9 Å². The summed E-state index contributed by atoms with van der Waals surface area (Å²) in [4.78, 5) is 17.5. The molecular formula is C28H22ClFN2O. The summed E-state index contributed by atoms with van der Waals surface area (Å²) in [6, 6.07) is 29.7. The van der Waals surface area contributed by atoms with E-state index in [0.717, 1.165) is 16.8 Å². The Bertz CT molecular complexity index is 1290. The molecule has 0 N–H and O–H groups in total. The van der Waals surface area contributed by atoms with Crippen LogP contribution in [0.3, 0.4) is 0 Å². The topological polar surface area (TPSA) is 23.6 Å². The van der Waals surface area contributed by atoms with Crippen LogP contribution in [0.1, 0.15) is 33.2 Å². The molecule has 0 radical (unpaired) electrons. The summed E-state index contributed by atoms with van der Waals surface area (Å²) in [5.74, 6) is -0.641. The van der Waals surface area contributed by atoms with E-state index in [1.54, 1.807) is 17.0 Å². The Hall–Kier alpha value is -3.63. The summed E-state index contributed by atoms with van der Waals surface area (Å²) in [6.45, 7) is 2.47. The van der Waals surface area contributed by atoms with Gasteiger partial charge in [-0.15, -0.1) is 0 Å². The fraction of sp³-hybridized carbons (Fsp3) is 0.107. The second-order valence-corrected chi connectivity index (χ2v) is 8.56. The van der Waals surface area contributed by atoms with Crippen molar-refractivity contribution in [2.24, 2.45) is 0 Å². The molecule has 0 spiro atoms. The van der Waals surface area contributed by atoms with Gasteiger partial charge in [-0.25, -0.2) is 4.39 Å². The maximum Gasteiger partial charge on any atom is 0.262 e. The Morgan fingerprint density at radius 2 is 1.55 bits per heavy atom. The summed E-state index contributed by atoms with van der Waals surface area (Å²) >= 11 is 6.58. The van der Waals surface area contributed by atoms with Crippen molar-refractivity contribution in [3.8, 4) is 0 Å². The molecule has 3 nitrogen and oxygen atoms in total.